The zero-order valence-electron chi connectivity index (χ0n) is 17.9. The number of para-hydroxylation sites is 1. The van der Waals surface area contributed by atoms with Crippen molar-refractivity contribution in [2.45, 2.75) is 27.7 Å². The van der Waals surface area contributed by atoms with Crippen LogP contribution in [0.1, 0.15) is 25.0 Å². The van der Waals surface area contributed by atoms with Crippen molar-refractivity contribution >= 4 is 45.8 Å². The standard InChI is InChI=1S/C21H32N4O2S2/c1-5-24(6-2)21(28)29-15-19(27)25-12-10-23(11-13-25)14-18(26)22-20-16(3)8-7-9-17(20)4/h7-9H,5-6,10-15H2,1-4H3,(H,22,26). The molecule has 1 aromatic rings. The molecule has 0 radical (unpaired) electrons. The highest BCUT2D eigenvalue weighted by Crippen LogP contribution is 2.19. The third-order valence-electron chi connectivity index (χ3n) is 5.18. The fourth-order valence-corrected chi connectivity index (χ4v) is 4.64. The number of carbonyl (C=O) groups excluding carboxylic acids is 2. The summed E-state index contributed by atoms with van der Waals surface area (Å²) < 4.78 is 0.783. The Morgan fingerprint density at radius 2 is 1.69 bits per heavy atom. The van der Waals surface area contributed by atoms with Gasteiger partial charge in [-0.15, -0.1) is 0 Å². The molecule has 0 spiro atoms. The summed E-state index contributed by atoms with van der Waals surface area (Å²) in [4.78, 5) is 31.0. The van der Waals surface area contributed by atoms with Gasteiger partial charge in [-0.2, -0.15) is 0 Å². The smallest absolute Gasteiger partial charge is 0.238 e. The van der Waals surface area contributed by atoms with E-state index in [1.807, 2.05) is 36.9 Å². The number of benzene rings is 1. The van der Waals surface area contributed by atoms with Crippen molar-refractivity contribution in [2.24, 2.45) is 0 Å². The number of aryl methyl sites for hydroxylation is 2. The molecule has 1 heterocycles. The van der Waals surface area contributed by atoms with Crippen molar-refractivity contribution in [3.63, 3.8) is 0 Å². The molecule has 1 saturated heterocycles. The number of anilines is 1. The second-order valence-electron chi connectivity index (χ2n) is 7.20. The Morgan fingerprint density at radius 1 is 1.10 bits per heavy atom. The molecule has 1 fully saturated rings. The molecule has 0 saturated carbocycles. The van der Waals surface area contributed by atoms with Crippen LogP contribution < -0.4 is 5.32 Å². The van der Waals surface area contributed by atoms with E-state index in [1.54, 1.807) is 0 Å². The molecule has 1 aliphatic rings. The number of hydrogen-bond acceptors (Lipinski definition) is 5. The van der Waals surface area contributed by atoms with Gasteiger partial charge in [0.05, 0.1) is 12.3 Å². The van der Waals surface area contributed by atoms with Crippen molar-refractivity contribution in [3.8, 4) is 0 Å². The lowest BCUT2D eigenvalue weighted by Crippen LogP contribution is -2.51. The number of amides is 2. The Bertz CT molecular complexity index is 709. The minimum atomic E-state index is -0.0118. The van der Waals surface area contributed by atoms with Gasteiger partial charge in [0.15, 0.2) is 0 Å². The van der Waals surface area contributed by atoms with Crippen LogP contribution in [0.15, 0.2) is 18.2 Å². The zero-order valence-corrected chi connectivity index (χ0v) is 19.5. The van der Waals surface area contributed by atoms with Crippen LogP contribution in [0.5, 0.6) is 0 Å². The summed E-state index contributed by atoms with van der Waals surface area (Å²) in [6.45, 7) is 12.9. The first-order valence-corrected chi connectivity index (χ1v) is 11.5. The molecule has 0 aromatic heterocycles. The van der Waals surface area contributed by atoms with Crippen LogP contribution in [0.4, 0.5) is 5.69 Å². The van der Waals surface area contributed by atoms with E-state index in [-0.39, 0.29) is 11.8 Å². The predicted molar refractivity (Wildman–Crippen MR) is 126 cm³/mol. The van der Waals surface area contributed by atoms with E-state index in [2.05, 4.69) is 29.0 Å². The van der Waals surface area contributed by atoms with E-state index >= 15 is 0 Å². The first-order valence-electron chi connectivity index (χ1n) is 10.1. The second-order valence-corrected chi connectivity index (χ2v) is 8.81. The summed E-state index contributed by atoms with van der Waals surface area (Å²) in [6.07, 6.45) is 0. The van der Waals surface area contributed by atoms with E-state index in [9.17, 15) is 9.59 Å². The third-order valence-corrected chi connectivity index (χ3v) is 6.69. The summed E-state index contributed by atoms with van der Waals surface area (Å²) >= 11 is 6.84. The van der Waals surface area contributed by atoms with Gasteiger partial charge in [-0.25, -0.2) is 0 Å². The number of nitrogens with zero attached hydrogens (tertiary/aromatic N) is 3. The fourth-order valence-electron chi connectivity index (χ4n) is 3.34. The normalized spacial score (nSPS) is 14.6. The zero-order chi connectivity index (χ0) is 21.4. The molecule has 0 unspecified atom stereocenters. The van der Waals surface area contributed by atoms with Crippen LogP contribution in [0, 0.1) is 13.8 Å². The van der Waals surface area contributed by atoms with Crippen molar-refractivity contribution in [1.82, 2.24) is 14.7 Å². The van der Waals surface area contributed by atoms with Crippen LogP contribution in [-0.2, 0) is 9.59 Å². The first-order chi connectivity index (χ1) is 13.8. The fraction of sp³-hybridized carbons (Fsp3) is 0.571. The lowest BCUT2D eigenvalue weighted by atomic mass is 10.1. The highest BCUT2D eigenvalue weighted by atomic mass is 32.2. The molecular formula is C21H32N4O2S2. The molecule has 2 amide bonds. The quantitative estimate of drug-likeness (QED) is 0.664. The van der Waals surface area contributed by atoms with Crippen molar-refractivity contribution < 1.29 is 9.59 Å². The topological polar surface area (TPSA) is 55.9 Å². The lowest BCUT2D eigenvalue weighted by molar-refractivity contribution is -0.130. The van der Waals surface area contributed by atoms with Gasteiger partial charge >= 0.3 is 0 Å². The minimum absolute atomic E-state index is 0.0118. The first kappa shape index (κ1) is 23.6. The molecule has 1 aliphatic heterocycles. The van der Waals surface area contributed by atoms with Crippen LogP contribution >= 0.6 is 24.0 Å². The molecule has 6 nitrogen and oxygen atoms in total. The molecule has 29 heavy (non-hydrogen) atoms. The number of piperazine rings is 1. The molecule has 0 aliphatic carbocycles. The highest BCUT2D eigenvalue weighted by molar-refractivity contribution is 8.23. The van der Waals surface area contributed by atoms with Gasteiger partial charge in [0.25, 0.3) is 0 Å². The molecule has 0 atom stereocenters. The van der Waals surface area contributed by atoms with Gasteiger partial charge < -0.3 is 15.1 Å². The molecule has 160 valence electrons. The Labute approximate surface area is 184 Å². The largest absolute Gasteiger partial charge is 0.358 e. The van der Waals surface area contributed by atoms with Gasteiger partial charge in [0.2, 0.25) is 11.8 Å². The maximum Gasteiger partial charge on any atom is 0.238 e. The van der Waals surface area contributed by atoms with E-state index in [0.717, 1.165) is 34.2 Å². The number of thiocarbonyl (C=S) groups is 1. The average molecular weight is 437 g/mol. The number of hydrogen-bond donors (Lipinski definition) is 1. The summed E-state index contributed by atoms with van der Waals surface area (Å²) in [7, 11) is 0. The number of thioether (sulfide) groups is 1. The van der Waals surface area contributed by atoms with Crippen molar-refractivity contribution in [2.75, 3.05) is 56.9 Å². The molecular weight excluding hydrogens is 404 g/mol. The number of rotatable bonds is 7. The maximum atomic E-state index is 12.5. The molecule has 8 heteroatoms. The van der Waals surface area contributed by atoms with Crippen molar-refractivity contribution in [1.29, 1.82) is 0 Å². The SMILES string of the molecule is CCN(CC)C(=S)SCC(=O)N1CCN(CC(=O)Nc2c(C)cccc2C)CC1. The van der Waals surface area contributed by atoms with E-state index in [0.29, 0.717) is 38.5 Å². The third kappa shape index (κ3) is 6.97. The summed E-state index contributed by atoms with van der Waals surface area (Å²) in [5, 5.41) is 3.03. The van der Waals surface area contributed by atoms with Crippen LogP contribution in [0.3, 0.4) is 0 Å². The van der Waals surface area contributed by atoms with Crippen LogP contribution in [0.2, 0.25) is 0 Å². The molecule has 1 aromatic carbocycles. The van der Waals surface area contributed by atoms with Crippen LogP contribution in [0.25, 0.3) is 0 Å². The second kappa shape index (κ2) is 11.5. The van der Waals surface area contributed by atoms with E-state index in [4.69, 9.17) is 12.2 Å². The Morgan fingerprint density at radius 3 is 2.24 bits per heavy atom. The van der Waals surface area contributed by atoms with Gasteiger partial charge in [0, 0.05) is 45.0 Å². The highest BCUT2D eigenvalue weighted by Gasteiger charge is 2.23. The molecule has 1 N–H and O–H groups in total. The minimum Gasteiger partial charge on any atom is -0.358 e. The monoisotopic (exact) mass is 436 g/mol. The number of carbonyl (C=O) groups is 2. The van der Waals surface area contributed by atoms with Crippen LogP contribution in [-0.4, -0.2) is 82.4 Å². The Balaban J connectivity index is 1.75. The molecule has 0 bridgehead atoms. The van der Waals surface area contributed by atoms with E-state index in [1.165, 1.54) is 11.8 Å². The Kier molecular flexibility index (Phi) is 9.39. The lowest BCUT2D eigenvalue weighted by Gasteiger charge is -2.34. The van der Waals surface area contributed by atoms with E-state index < -0.39 is 0 Å². The predicted octanol–water partition coefficient (Wildman–Crippen LogP) is 2.75. The van der Waals surface area contributed by atoms with Gasteiger partial charge in [-0.3, -0.25) is 14.5 Å². The summed E-state index contributed by atoms with van der Waals surface area (Å²) in [5.41, 5.74) is 3.02. The average Bonchev–Trinajstić information content (AvgIpc) is 2.70. The summed E-state index contributed by atoms with van der Waals surface area (Å²) in [6, 6.07) is 5.98. The number of nitrogens with one attached hydrogen (secondary N) is 1. The summed E-state index contributed by atoms with van der Waals surface area (Å²) in [5.74, 6) is 0.481. The molecule has 2 rings (SSSR count). The van der Waals surface area contributed by atoms with Gasteiger partial charge in [-0.05, 0) is 38.8 Å². The maximum absolute atomic E-state index is 12.5. The van der Waals surface area contributed by atoms with Crippen molar-refractivity contribution in [3.05, 3.63) is 29.3 Å². The Hall–Kier alpha value is -1.64. The van der Waals surface area contributed by atoms with Gasteiger partial charge in [-0.1, -0.05) is 42.2 Å². The van der Waals surface area contributed by atoms with Gasteiger partial charge in [0.1, 0.15) is 4.32 Å².